The standard InChI is InChI=1S/C24H32O10/c1-6-15(11-30-13(3)26)23(29)32-18-9-24(5)8-7-17(31-14(4)27)16(10-25)20(34-24)21-19(18)12(2)22(28)33-21/h6,16-21,25H,2,7-11H2,1,3-5H3/b15-6+/t16-,17+,18-,19+,20-,21+,24-/m1/s1. The van der Waals surface area contributed by atoms with Crippen LogP contribution in [0, 0.1) is 11.8 Å². The van der Waals surface area contributed by atoms with Crippen molar-refractivity contribution in [2.24, 2.45) is 11.8 Å². The molecule has 3 fully saturated rings. The van der Waals surface area contributed by atoms with Gasteiger partial charge in [-0.3, -0.25) is 9.59 Å². The minimum absolute atomic E-state index is 0.143. The fraction of sp³-hybridized carbons (Fsp3) is 0.667. The van der Waals surface area contributed by atoms with Gasteiger partial charge in [-0.1, -0.05) is 12.7 Å². The van der Waals surface area contributed by atoms with Gasteiger partial charge in [-0.25, -0.2) is 9.59 Å². The third-order valence-electron chi connectivity index (χ3n) is 6.72. The Kier molecular flexibility index (Phi) is 7.82. The highest BCUT2D eigenvalue weighted by Crippen LogP contribution is 2.48. The van der Waals surface area contributed by atoms with Crippen molar-refractivity contribution in [1.82, 2.24) is 0 Å². The smallest absolute Gasteiger partial charge is 0.337 e. The highest BCUT2D eigenvalue weighted by atomic mass is 16.6. The predicted molar refractivity (Wildman–Crippen MR) is 116 cm³/mol. The minimum Gasteiger partial charge on any atom is -0.462 e. The SMILES string of the molecule is C=C1C(=O)O[C@@H]2[C@@H]3O[C@](C)(CC[C@H](OC(C)=O)[C@H]3CO)C[C@@H](OC(=O)/C(=C/C)COC(C)=O)[C@H]12. The monoisotopic (exact) mass is 480 g/mol. The van der Waals surface area contributed by atoms with Crippen molar-refractivity contribution >= 4 is 23.9 Å². The first-order chi connectivity index (χ1) is 16.0. The third kappa shape index (κ3) is 5.33. The molecular weight excluding hydrogens is 448 g/mol. The first kappa shape index (κ1) is 25.9. The topological polar surface area (TPSA) is 135 Å². The average Bonchev–Trinajstić information content (AvgIpc) is 2.89. The first-order valence-electron chi connectivity index (χ1n) is 11.3. The molecule has 1 N–H and O–H groups in total. The minimum atomic E-state index is -0.893. The summed E-state index contributed by atoms with van der Waals surface area (Å²) in [5.74, 6) is -3.71. The van der Waals surface area contributed by atoms with E-state index in [0.717, 1.165) is 0 Å². The summed E-state index contributed by atoms with van der Waals surface area (Å²) in [6.45, 7) is 9.28. The largest absolute Gasteiger partial charge is 0.462 e. The second-order valence-electron chi connectivity index (χ2n) is 9.23. The molecule has 0 spiro atoms. The molecule has 34 heavy (non-hydrogen) atoms. The van der Waals surface area contributed by atoms with Crippen LogP contribution in [0.3, 0.4) is 0 Å². The van der Waals surface area contributed by atoms with E-state index in [-0.39, 0.29) is 30.8 Å². The van der Waals surface area contributed by atoms with E-state index in [4.69, 9.17) is 23.7 Å². The van der Waals surface area contributed by atoms with Crippen molar-refractivity contribution in [3.05, 3.63) is 23.8 Å². The Balaban J connectivity index is 1.94. The molecule has 0 aromatic rings. The maximum absolute atomic E-state index is 12.9. The Bertz CT molecular complexity index is 892. The Morgan fingerprint density at radius 2 is 1.88 bits per heavy atom. The summed E-state index contributed by atoms with van der Waals surface area (Å²) in [7, 11) is 0. The number of allylic oxidation sites excluding steroid dienone is 1. The summed E-state index contributed by atoms with van der Waals surface area (Å²) in [6.07, 6.45) is -0.549. The van der Waals surface area contributed by atoms with Crippen LogP contribution in [0.15, 0.2) is 23.8 Å². The van der Waals surface area contributed by atoms with Gasteiger partial charge in [0.2, 0.25) is 0 Å². The Morgan fingerprint density at radius 3 is 2.47 bits per heavy atom. The highest BCUT2D eigenvalue weighted by molar-refractivity contribution is 5.92. The van der Waals surface area contributed by atoms with E-state index < -0.39 is 65.7 Å². The van der Waals surface area contributed by atoms with Crippen LogP contribution in [0.25, 0.3) is 0 Å². The zero-order chi connectivity index (χ0) is 25.2. The molecule has 7 atom stereocenters. The van der Waals surface area contributed by atoms with E-state index in [2.05, 4.69) is 6.58 Å². The molecule has 0 aromatic carbocycles. The average molecular weight is 481 g/mol. The third-order valence-corrected chi connectivity index (χ3v) is 6.72. The van der Waals surface area contributed by atoms with E-state index in [9.17, 15) is 24.3 Å². The van der Waals surface area contributed by atoms with Crippen LogP contribution in [-0.2, 0) is 42.9 Å². The Morgan fingerprint density at radius 1 is 1.18 bits per heavy atom. The number of aliphatic hydroxyl groups excluding tert-OH is 1. The van der Waals surface area contributed by atoms with Gasteiger partial charge in [-0.05, 0) is 26.7 Å². The number of fused-ring (bicyclic) bond motifs is 4. The number of esters is 4. The van der Waals surface area contributed by atoms with Gasteiger partial charge in [-0.2, -0.15) is 0 Å². The molecule has 10 heteroatoms. The van der Waals surface area contributed by atoms with Crippen LogP contribution in [-0.4, -0.2) is 72.2 Å². The molecule has 2 bridgehead atoms. The number of carbonyl (C=O) groups excluding carboxylic acids is 4. The first-order valence-corrected chi connectivity index (χ1v) is 11.3. The predicted octanol–water partition coefficient (Wildman–Crippen LogP) is 1.39. The highest BCUT2D eigenvalue weighted by Gasteiger charge is 2.58. The fourth-order valence-electron chi connectivity index (χ4n) is 5.02. The molecule has 0 aliphatic carbocycles. The van der Waals surface area contributed by atoms with Crippen LogP contribution >= 0.6 is 0 Å². The molecule has 3 aliphatic rings. The molecule has 0 amide bonds. The van der Waals surface area contributed by atoms with Crippen LogP contribution in [0.4, 0.5) is 0 Å². The van der Waals surface area contributed by atoms with Gasteiger partial charge >= 0.3 is 23.9 Å². The summed E-state index contributed by atoms with van der Waals surface area (Å²) in [5.41, 5.74) is -0.522. The number of carbonyl (C=O) groups is 4. The summed E-state index contributed by atoms with van der Waals surface area (Å²) in [6, 6.07) is 0. The zero-order valence-corrected chi connectivity index (χ0v) is 19.9. The van der Waals surface area contributed by atoms with E-state index in [1.54, 1.807) is 6.92 Å². The van der Waals surface area contributed by atoms with Crippen molar-refractivity contribution < 1.29 is 48.0 Å². The fourth-order valence-corrected chi connectivity index (χ4v) is 5.02. The Labute approximate surface area is 198 Å². The zero-order valence-electron chi connectivity index (χ0n) is 19.9. The second-order valence-corrected chi connectivity index (χ2v) is 9.23. The molecule has 0 aromatic heterocycles. The van der Waals surface area contributed by atoms with Crippen LogP contribution < -0.4 is 0 Å². The molecule has 10 nitrogen and oxygen atoms in total. The number of ether oxygens (including phenoxy) is 5. The summed E-state index contributed by atoms with van der Waals surface area (Å²) < 4.78 is 28.3. The van der Waals surface area contributed by atoms with Crippen LogP contribution in [0.2, 0.25) is 0 Å². The lowest BCUT2D eigenvalue weighted by Crippen LogP contribution is -2.47. The molecule has 3 aliphatic heterocycles. The number of hydrogen-bond donors (Lipinski definition) is 1. The molecule has 3 rings (SSSR count). The van der Waals surface area contributed by atoms with E-state index >= 15 is 0 Å². The molecule has 0 unspecified atom stereocenters. The molecule has 3 saturated heterocycles. The number of rotatable bonds is 6. The van der Waals surface area contributed by atoms with Crippen molar-refractivity contribution in [3.63, 3.8) is 0 Å². The summed E-state index contributed by atoms with van der Waals surface area (Å²) in [5, 5.41) is 10.2. The maximum atomic E-state index is 12.9. The van der Waals surface area contributed by atoms with Gasteiger partial charge < -0.3 is 28.8 Å². The van der Waals surface area contributed by atoms with Gasteiger partial charge in [0.1, 0.15) is 31.0 Å². The maximum Gasteiger partial charge on any atom is 0.337 e. The van der Waals surface area contributed by atoms with Gasteiger partial charge in [-0.15, -0.1) is 0 Å². The lowest BCUT2D eigenvalue weighted by Gasteiger charge is -2.34. The summed E-state index contributed by atoms with van der Waals surface area (Å²) in [4.78, 5) is 48.3. The van der Waals surface area contributed by atoms with Crippen molar-refractivity contribution in [2.75, 3.05) is 13.2 Å². The van der Waals surface area contributed by atoms with Crippen molar-refractivity contribution in [3.8, 4) is 0 Å². The summed E-state index contributed by atoms with van der Waals surface area (Å²) >= 11 is 0. The van der Waals surface area contributed by atoms with Gasteiger partial charge in [0, 0.05) is 31.8 Å². The Hall–Kier alpha value is -2.72. The lowest BCUT2D eigenvalue weighted by molar-refractivity contribution is -0.174. The van der Waals surface area contributed by atoms with Crippen molar-refractivity contribution in [2.45, 2.75) is 77.0 Å². The van der Waals surface area contributed by atoms with E-state index in [1.165, 1.54) is 19.9 Å². The number of hydrogen-bond acceptors (Lipinski definition) is 10. The second kappa shape index (κ2) is 10.3. The van der Waals surface area contributed by atoms with Gasteiger partial charge in [0.05, 0.1) is 23.7 Å². The molecule has 0 radical (unpaired) electrons. The van der Waals surface area contributed by atoms with E-state index in [0.29, 0.717) is 12.8 Å². The number of aliphatic hydroxyl groups is 1. The van der Waals surface area contributed by atoms with E-state index in [1.807, 2.05) is 6.92 Å². The van der Waals surface area contributed by atoms with Crippen molar-refractivity contribution in [1.29, 1.82) is 0 Å². The van der Waals surface area contributed by atoms with Crippen LogP contribution in [0.5, 0.6) is 0 Å². The molecular formula is C24H32O10. The quantitative estimate of drug-likeness (QED) is 0.337. The normalized spacial score (nSPS) is 35.4. The lowest BCUT2D eigenvalue weighted by atomic mass is 9.78. The van der Waals surface area contributed by atoms with Gasteiger partial charge in [0.15, 0.2) is 0 Å². The molecule has 3 heterocycles. The molecule has 0 saturated carbocycles. The van der Waals surface area contributed by atoms with Crippen LogP contribution in [0.1, 0.15) is 47.0 Å². The molecule has 188 valence electrons. The van der Waals surface area contributed by atoms with Gasteiger partial charge in [0.25, 0.3) is 0 Å².